The van der Waals surface area contributed by atoms with Crippen LogP contribution in [0.4, 0.5) is 0 Å². The summed E-state index contributed by atoms with van der Waals surface area (Å²) in [5.41, 5.74) is 10.6. The van der Waals surface area contributed by atoms with Gasteiger partial charge in [0.25, 0.3) is 0 Å². The van der Waals surface area contributed by atoms with Gasteiger partial charge in [-0.2, -0.15) is 11.2 Å². The van der Waals surface area contributed by atoms with Crippen molar-refractivity contribution in [2.75, 3.05) is 0 Å². The summed E-state index contributed by atoms with van der Waals surface area (Å²) in [6, 6.07) is 28.8. The molecule has 0 N–H and O–H groups in total. The van der Waals surface area contributed by atoms with Gasteiger partial charge in [-0.15, -0.1) is 41.3 Å². The van der Waals surface area contributed by atoms with Crippen molar-refractivity contribution in [3.05, 3.63) is 119 Å². The number of benzene rings is 3. The van der Waals surface area contributed by atoms with E-state index >= 15 is 0 Å². The van der Waals surface area contributed by atoms with Gasteiger partial charge in [-0.3, -0.25) is 4.68 Å². The molecule has 6 heteroatoms. The average Bonchev–Trinajstić information content (AvgIpc) is 3.60. The van der Waals surface area contributed by atoms with Crippen LogP contribution < -0.4 is 4.74 Å². The van der Waals surface area contributed by atoms with E-state index in [2.05, 4.69) is 151 Å². The van der Waals surface area contributed by atoms with Crippen LogP contribution in [-0.2, 0) is 39.3 Å². The molecule has 0 bridgehead atoms. The third-order valence-corrected chi connectivity index (χ3v) is 11.1. The minimum Gasteiger partial charge on any atom is -0.509 e. The SMILES string of the molecule is CCCc1ccnc(-n2c3[c-]c(Oc4[c-]c(-n5nc(C)c(C6C(C)=C[C@H](C)C[C@@H]6C)c5CCC(C)C)cc(C(C)(C)C)c4)ccc3c3ccccc32)c1.[Pt+2]. The number of fused-ring (bicyclic) bond motifs is 3. The first-order valence-electron chi connectivity index (χ1n) is 19.8. The van der Waals surface area contributed by atoms with Crippen molar-refractivity contribution >= 4 is 21.8 Å². The fourth-order valence-corrected chi connectivity index (χ4v) is 8.61. The zero-order chi connectivity index (χ0) is 37.6. The Morgan fingerprint density at radius 1 is 0.926 bits per heavy atom. The van der Waals surface area contributed by atoms with Crippen molar-refractivity contribution < 1.29 is 25.8 Å². The van der Waals surface area contributed by atoms with E-state index in [1.54, 1.807) is 0 Å². The molecule has 6 aromatic rings. The molecule has 3 aromatic heterocycles. The van der Waals surface area contributed by atoms with E-state index in [1.165, 1.54) is 39.8 Å². The van der Waals surface area contributed by atoms with Gasteiger partial charge < -0.3 is 9.30 Å². The molecule has 1 aliphatic rings. The van der Waals surface area contributed by atoms with Crippen molar-refractivity contribution in [1.82, 2.24) is 19.3 Å². The molecule has 0 radical (unpaired) electrons. The second-order valence-electron chi connectivity index (χ2n) is 17.0. The Morgan fingerprint density at radius 3 is 2.43 bits per heavy atom. The van der Waals surface area contributed by atoms with Gasteiger partial charge in [0.15, 0.2) is 0 Å². The van der Waals surface area contributed by atoms with Crippen LogP contribution in [0, 0.1) is 36.8 Å². The van der Waals surface area contributed by atoms with Gasteiger partial charge in [-0.25, -0.2) is 4.98 Å². The molecule has 3 aromatic carbocycles. The molecule has 1 aliphatic carbocycles. The van der Waals surface area contributed by atoms with Gasteiger partial charge in [0.2, 0.25) is 0 Å². The maximum Gasteiger partial charge on any atom is 2.00 e. The first-order valence-corrected chi connectivity index (χ1v) is 19.8. The molecule has 0 spiro atoms. The van der Waals surface area contributed by atoms with Crippen molar-refractivity contribution in [3.8, 4) is 23.0 Å². The Hall–Kier alpha value is -3.95. The number of pyridine rings is 1. The number of aryl methyl sites for hydroxylation is 2. The molecule has 0 aliphatic heterocycles. The Bertz CT molecular complexity index is 2300. The van der Waals surface area contributed by atoms with Crippen LogP contribution in [0.2, 0.25) is 0 Å². The molecule has 0 saturated heterocycles. The van der Waals surface area contributed by atoms with Gasteiger partial charge in [-0.05, 0) is 97.5 Å². The minimum atomic E-state index is -0.117. The third kappa shape index (κ3) is 7.90. The molecule has 0 fully saturated rings. The predicted octanol–water partition coefficient (Wildman–Crippen LogP) is 12.6. The summed E-state index contributed by atoms with van der Waals surface area (Å²) in [5, 5.41) is 7.60. The second kappa shape index (κ2) is 16.0. The number of para-hydroxylation sites is 1. The first kappa shape index (κ1) is 39.7. The quantitative estimate of drug-likeness (QED) is 0.102. The number of nitrogens with zero attached hydrogens (tertiary/aromatic N) is 4. The molecule has 5 nitrogen and oxygen atoms in total. The summed E-state index contributed by atoms with van der Waals surface area (Å²) < 4.78 is 11.2. The summed E-state index contributed by atoms with van der Waals surface area (Å²) in [4.78, 5) is 4.83. The van der Waals surface area contributed by atoms with E-state index in [0.717, 1.165) is 59.3 Å². The van der Waals surface area contributed by atoms with E-state index in [0.29, 0.717) is 35.2 Å². The fourth-order valence-electron chi connectivity index (χ4n) is 8.61. The zero-order valence-corrected chi connectivity index (χ0v) is 36.1. The van der Waals surface area contributed by atoms with Gasteiger partial charge in [0, 0.05) is 40.4 Å². The van der Waals surface area contributed by atoms with Crippen LogP contribution in [0.1, 0.15) is 116 Å². The van der Waals surface area contributed by atoms with Crippen LogP contribution in [0.15, 0.2) is 78.5 Å². The van der Waals surface area contributed by atoms with Gasteiger partial charge in [-0.1, -0.05) is 97.2 Å². The van der Waals surface area contributed by atoms with E-state index in [9.17, 15) is 0 Å². The third-order valence-electron chi connectivity index (χ3n) is 11.1. The van der Waals surface area contributed by atoms with Gasteiger partial charge in [0.05, 0.1) is 5.69 Å². The molecule has 0 saturated carbocycles. The maximum absolute atomic E-state index is 6.78. The van der Waals surface area contributed by atoms with E-state index in [4.69, 9.17) is 14.8 Å². The molecule has 1 unspecified atom stereocenters. The fraction of sp³-hybridized carbons (Fsp3) is 0.417. The maximum atomic E-state index is 6.78. The number of aromatic nitrogens is 4. The topological polar surface area (TPSA) is 44.9 Å². The summed E-state index contributed by atoms with van der Waals surface area (Å²) >= 11 is 0. The smallest absolute Gasteiger partial charge is 0.509 e. The molecular formula is C48H56N4OPt. The monoisotopic (exact) mass is 899 g/mol. The molecule has 284 valence electrons. The molecule has 54 heavy (non-hydrogen) atoms. The van der Waals surface area contributed by atoms with E-state index in [1.807, 2.05) is 12.3 Å². The van der Waals surface area contributed by atoms with Crippen LogP contribution in [-0.4, -0.2) is 19.3 Å². The largest absolute Gasteiger partial charge is 2.00 e. The molecular weight excluding hydrogens is 844 g/mol. The Kier molecular flexibility index (Phi) is 11.8. The molecule has 0 amide bonds. The Morgan fingerprint density at radius 2 is 1.70 bits per heavy atom. The summed E-state index contributed by atoms with van der Waals surface area (Å²) in [5.74, 6) is 4.31. The Balaban J connectivity index is 0.00000497. The zero-order valence-electron chi connectivity index (χ0n) is 33.8. The number of rotatable bonds is 10. The van der Waals surface area contributed by atoms with Crippen molar-refractivity contribution in [2.24, 2.45) is 17.8 Å². The molecule has 3 atom stereocenters. The summed E-state index contributed by atoms with van der Waals surface area (Å²) in [6.07, 6.45) is 9.75. The van der Waals surface area contributed by atoms with Crippen LogP contribution in [0.5, 0.6) is 11.5 Å². The van der Waals surface area contributed by atoms with Crippen LogP contribution in [0.3, 0.4) is 0 Å². The van der Waals surface area contributed by atoms with Crippen molar-refractivity contribution in [3.63, 3.8) is 0 Å². The minimum absolute atomic E-state index is 0. The summed E-state index contributed by atoms with van der Waals surface area (Å²) in [7, 11) is 0. The Labute approximate surface area is 337 Å². The number of hydrogen-bond acceptors (Lipinski definition) is 3. The van der Waals surface area contributed by atoms with Crippen LogP contribution in [0.25, 0.3) is 33.3 Å². The second-order valence-corrected chi connectivity index (χ2v) is 17.0. The van der Waals surface area contributed by atoms with Crippen molar-refractivity contribution in [1.29, 1.82) is 0 Å². The van der Waals surface area contributed by atoms with Crippen LogP contribution >= 0.6 is 0 Å². The van der Waals surface area contributed by atoms with Gasteiger partial charge >= 0.3 is 21.1 Å². The molecule has 7 rings (SSSR count). The first-order chi connectivity index (χ1) is 25.3. The molecule has 3 heterocycles. The number of ether oxygens (including phenoxy) is 1. The normalized spacial score (nSPS) is 17.6. The summed E-state index contributed by atoms with van der Waals surface area (Å²) in [6.45, 7) is 22.9. The predicted molar refractivity (Wildman–Crippen MR) is 220 cm³/mol. The van der Waals surface area contributed by atoms with Crippen molar-refractivity contribution in [2.45, 2.75) is 113 Å². The number of hydrogen-bond donors (Lipinski definition) is 0. The number of allylic oxidation sites excluding steroid dienone is 2. The van der Waals surface area contributed by atoms with E-state index in [-0.39, 0.29) is 26.5 Å². The average molecular weight is 900 g/mol. The van der Waals surface area contributed by atoms with Gasteiger partial charge in [0.1, 0.15) is 5.82 Å². The standard InChI is InChI=1S/C48H56N4O.Pt/c1-11-14-35-21-22-49-45(25-35)51-42-16-13-12-15-40(42)41-19-18-38(29-44(41)51)53-39-27-36(48(8,9)10)26-37(28-39)52-43(20-17-30(2)3)47(34(7)50-52)46-32(5)23-31(4)24-33(46)6;/h12-13,15-16,18-19,21-23,25-27,30-31,33,46H,11,14,17,20,24H2,1-10H3;/q-2;+2/t31-,33-,46?;/m0./s1. The van der Waals surface area contributed by atoms with E-state index < -0.39 is 0 Å².